The molecule has 190 valence electrons. The molecular weight excluding hydrogens is 489 g/mol. The average molecular weight is 517 g/mol. The smallest absolute Gasteiger partial charge is 0.273 e. The van der Waals surface area contributed by atoms with Crippen LogP contribution in [0.1, 0.15) is 65.9 Å². The number of hydrogen-bond donors (Lipinski definition) is 2. The molecule has 2 N–H and O–H groups in total. The molecule has 0 atom stereocenters. The lowest BCUT2D eigenvalue weighted by Crippen LogP contribution is -2.50. The van der Waals surface area contributed by atoms with Gasteiger partial charge in [0.15, 0.2) is 0 Å². The van der Waals surface area contributed by atoms with E-state index in [0.29, 0.717) is 27.2 Å². The molecule has 2 amide bonds. The van der Waals surface area contributed by atoms with Crippen molar-refractivity contribution in [3.63, 3.8) is 0 Å². The summed E-state index contributed by atoms with van der Waals surface area (Å²) in [4.78, 5) is 26.5. The van der Waals surface area contributed by atoms with E-state index < -0.39 is 17.6 Å². The van der Waals surface area contributed by atoms with E-state index >= 15 is 0 Å². The summed E-state index contributed by atoms with van der Waals surface area (Å²) in [6.07, 6.45) is 3.23. The number of nitrogens with zero attached hydrogens (tertiary/aromatic N) is 2. The number of carbonyl (C=O) groups is 2. The molecule has 4 aliphatic carbocycles. The number of amides is 2. The minimum Gasteiger partial charge on any atom is -0.273 e. The molecule has 0 unspecified atom stereocenters. The molecule has 4 fully saturated rings. The van der Waals surface area contributed by atoms with Crippen molar-refractivity contribution in [2.24, 2.45) is 23.2 Å². The highest BCUT2D eigenvalue weighted by Crippen LogP contribution is 2.61. The van der Waals surface area contributed by atoms with Crippen molar-refractivity contribution < 1.29 is 22.8 Å². The first-order chi connectivity index (χ1) is 17.1. The van der Waals surface area contributed by atoms with Crippen LogP contribution in [0.15, 0.2) is 30.3 Å². The summed E-state index contributed by atoms with van der Waals surface area (Å²) in [6, 6.07) is 6.59. The number of nitrogens with one attached hydrogen (secondary N) is 2. The van der Waals surface area contributed by atoms with Crippen LogP contribution in [0.4, 0.5) is 13.2 Å². The number of hydrogen-bond acceptors (Lipinski definition) is 4. The maximum atomic E-state index is 13.2. The number of fused-ring (bicyclic) bond motifs is 1. The number of rotatable bonds is 4. The van der Waals surface area contributed by atoms with Crippen LogP contribution in [-0.4, -0.2) is 21.6 Å². The van der Waals surface area contributed by atoms with Gasteiger partial charge >= 0.3 is 6.18 Å². The lowest BCUT2D eigenvalue weighted by Gasteiger charge is -2.56. The second-order valence-electron chi connectivity index (χ2n) is 11.0. The van der Waals surface area contributed by atoms with Crippen molar-refractivity contribution in [2.45, 2.75) is 58.0 Å². The number of hydrazine groups is 1. The zero-order valence-corrected chi connectivity index (χ0v) is 20.6. The minimum atomic E-state index is -4.47. The molecule has 2 aromatic heterocycles. The van der Waals surface area contributed by atoms with Gasteiger partial charge in [0, 0.05) is 11.8 Å². The van der Waals surface area contributed by atoms with E-state index in [0.717, 1.165) is 60.5 Å². The molecule has 4 bridgehead atoms. The van der Waals surface area contributed by atoms with E-state index in [1.165, 1.54) is 30.0 Å². The Bertz CT molecular complexity index is 1320. The maximum Gasteiger partial charge on any atom is 0.416 e. The van der Waals surface area contributed by atoms with Gasteiger partial charge in [0.25, 0.3) is 5.91 Å². The Morgan fingerprint density at radius 3 is 2.39 bits per heavy atom. The Balaban J connectivity index is 1.15. The monoisotopic (exact) mass is 516 g/mol. The van der Waals surface area contributed by atoms with Crippen LogP contribution in [0.25, 0.3) is 15.9 Å². The van der Waals surface area contributed by atoms with Crippen LogP contribution in [0.3, 0.4) is 0 Å². The maximum absolute atomic E-state index is 13.2. The molecule has 4 saturated carbocycles. The van der Waals surface area contributed by atoms with Crippen LogP contribution in [0.5, 0.6) is 0 Å². The van der Waals surface area contributed by atoms with Gasteiger partial charge in [-0.2, -0.15) is 18.3 Å². The number of aryl methyl sites for hydroxylation is 1. The average Bonchev–Trinajstić information content (AvgIpc) is 3.36. The van der Waals surface area contributed by atoms with Crippen LogP contribution in [-0.2, 0) is 11.0 Å². The molecule has 0 aliphatic heterocycles. The Kier molecular flexibility index (Phi) is 5.44. The predicted octanol–water partition coefficient (Wildman–Crippen LogP) is 5.78. The number of thiophene rings is 1. The Morgan fingerprint density at radius 2 is 1.75 bits per heavy atom. The van der Waals surface area contributed by atoms with Crippen molar-refractivity contribution >= 4 is 33.4 Å². The summed E-state index contributed by atoms with van der Waals surface area (Å²) < 4.78 is 41.0. The molecular formula is C26H27F3N4O2S. The number of aromatic nitrogens is 2. The van der Waals surface area contributed by atoms with Crippen molar-refractivity contribution in [2.75, 3.05) is 0 Å². The summed E-state index contributed by atoms with van der Waals surface area (Å²) in [5, 5.41) is 5.06. The van der Waals surface area contributed by atoms with Gasteiger partial charge in [-0.3, -0.25) is 20.4 Å². The van der Waals surface area contributed by atoms with Gasteiger partial charge in [-0.05, 0) is 92.9 Å². The van der Waals surface area contributed by atoms with Gasteiger partial charge in [0.1, 0.15) is 4.83 Å². The molecule has 1 aromatic carbocycles. The fourth-order valence-corrected chi connectivity index (χ4v) is 8.31. The van der Waals surface area contributed by atoms with Crippen molar-refractivity contribution in [1.29, 1.82) is 0 Å². The number of halogens is 3. The SMILES string of the molecule is Cc1nn(-c2cccc(C(F)(F)F)c2)c2sc(C(=O)NNC(=O)CC34CC5CC(CC(C5)C3)C4)cc12. The molecule has 2 heterocycles. The van der Waals surface area contributed by atoms with Gasteiger partial charge < -0.3 is 0 Å². The third-order valence-corrected chi connectivity index (χ3v) is 9.31. The van der Waals surface area contributed by atoms with Crippen molar-refractivity contribution in [3.05, 3.63) is 46.5 Å². The Morgan fingerprint density at radius 1 is 1.08 bits per heavy atom. The normalized spacial score (nSPS) is 26.9. The Hall–Kier alpha value is -2.88. The van der Waals surface area contributed by atoms with E-state index in [1.807, 2.05) is 0 Å². The first kappa shape index (κ1) is 23.5. The van der Waals surface area contributed by atoms with Gasteiger partial charge in [-0.15, -0.1) is 11.3 Å². The van der Waals surface area contributed by atoms with E-state index in [-0.39, 0.29) is 17.0 Å². The van der Waals surface area contributed by atoms with E-state index in [1.54, 1.807) is 19.1 Å². The van der Waals surface area contributed by atoms with Gasteiger partial charge in [-0.25, -0.2) is 4.68 Å². The van der Waals surface area contributed by atoms with Crippen LogP contribution in [0, 0.1) is 30.1 Å². The van der Waals surface area contributed by atoms with Crippen LogP contribution in [0.2, 0.25) is 0 Å². The zero-order valence-electron chi connectivity index (χ0n) is 19.8. The second-order valence-corrected chi connectivity index (χ2v) is 12.0. The number of alkyl halides is 3. The highest BCUT2D eigenvalue weighted by Gasteiger charge is 2.51. The van der Waals surface area contributed by atoms with Gasteiger partial charge in [0.2, 0.25) is 5.91 Å². The van der Waals surface area contributed by atoms with Crippen LogP contribution < -0.4 is 10.9 Å². The molecule has 36 heavy (non-hydrogen) atoms. The highest BCUT2D eigenvalue weighted by molar-refractivity contribution is 7.20. The van der Waals surface area contributed by atoms with Crippen LogP contribution >= 0.6 is 11.3 Å². The third-order valence-electron chi connectivity index (χ3n) is 8.20. The zero-order chi connectivity index (χ0) is 25.2. The lowest BCUT2D eigenvalue weighted by atomic mass is 9.49. The van der Waals surface area contributed by atoms with E-state index in [2.05, 4.69) is 16.0 Å². The molecule has 0 radical (unpaired) electrons. The summed E-state index contributed by atoms with van der Waals surface area (Å²) in [5.41, 5.74) is 5.31. The molecule has 3 aromatic rings. The largest absolute Gasteiger partial charge is 0.416 e. The first-order valence-corrected chi connectivity index (χ1v) is 13.2. The summed E-state index contributed by atoms with van der Waals surface area (Å²) in [6.45, 7) is 1.74. The molecule has 4 aliphatic rings. The van der Waals surface area contributed by atoms with Crippen molar-refractivity contribution in [3.8, 4) is 5.69 Å². The standard InChI is InChI=1S/C26H27F3N4O2S/c1-14-20-9-21(36-24(20)33(32-14)19-4-2-3-18(8-19)26(27,28)29)23(35)31-30-22(34)13-25-10-15-5-16(11-25)7-17(6-15)12-25/h2-4,8-9,15-17H,5-7,10-13H2,1H3,(H,30,34)(H,31,35). The fraction of sp³-hybridized carbons (Fsp3) is 0.500. The summed E-state index contributed by atoms with van der Waals surface area (Å²) in [5.74, 6) is 1.62. The molecule has 6 nitrogen and oxygen atoms in total. The number of benzene rings is 1. The molecule has 7 rings (SSSR count). The number of carbonyl (C=O) groups excluding carboxylic acids is 2. The van der Waals surface area contributed by atoms with E-state index in [4.69, 9.17) is 0 Å². The topological polar surface area (TPSA) is 76.0 Å². The quantitative estimate of drug-likeness (QED) is 0.432. The molecule has 10 heteroatoms. The van der Waals surface area contributed by atoms with Gasteiger partial charge in [-0.1, -0.05) is 6.07 Å². The second kappa shape index (κ2) is 8.33. The summed E-state index contributed by atoms with van der Waals surface area (Å²) >= 11 is 1.12. The fourth-order valence-electron chi connectivity index (χ4n) is 7.23. The van der Waals surface area contributed by atoms with E-state index in [9.17, 15) is 22.8 Å². The lowest BCUT2D eigenvalue weighted by molar-refractivity contribution is -0.137. The molecule has 0 spiro atoms. The highest BCUT2D eigenvalue weighted by atomic mass is 32.1. The minimum absolute atomic E-state index is 0.0761. The predicted molar refractivity (Wildman–Crippen MR) is 130 cm³/mol. The Labute approximate surface area is 210 Å². The molecule has 0 saturated heterocycles. The van der Waals surface area contributed by atoms with Crippen molar-refractivity contribution in [1.82, 2.24) is 20.6 Å². The third kappa shape index (κ3) is 4.19. The summed E-state index contributed by atoms with van der Waals surface area (Å²) in [7, 11) is 0. The van der Waals surface area contributed by atoms with Gasteiger partial charge in [0.05, 0.1) is 21.8 Å². The first-order valence-electron chi connectivity index (χ1n) is 12.3.